The summed E-state index contributed by atoms with van der Waals surface area (Å²) in [6.07, 6.45) is 0.262. The molecule has 1 aliphatic heterocycles. The first kappa shape index (κ1) is 15.5. The summed E-state index contributed by atoms with van der Waals surface area (Å²) in [5.41, 5.74) is 6.95. The molecule has 0 aromatic heterocycles. The van der Waals surface area contributed by atoms with Gasteiger partial charge in [-0.2, -0.15) is 0 Å². The summed E-state index contributed by atoms with van der Waals surface area (Å²) in [5.74, 6) is -0.996. The van der Waals surface area contributed by atoms with Gasteiger partial charge in [0.05, 0.1) is 0 Å². The number of carboxylic acids is 1. The number of carbonyl (C=O) groups excluding carboxylic acids is 1. The topological polar surface area (TPSA) is 86.9 Å². The van der Waals surface area contributed by atoms with Crippen molar-refractivity contribution in [3.63, 3.8) is 0 Å². The Labute approximate surface area is 124 Å². The fourth-order valence-corrected chi connectivity index (χ4v) is 2.32. The van der Waals surface area contributed by atoms with Gasteiger partial charge in [-0.3, -0.25) is 9.59 Å². The molecule has 6 nitrogen and oxygen atoms in total. The first-order valence-corrected chi connectivity index (χ1v) is 7.02. The van der Waals surface area contributed by atoms with Crippen LogP contribution in [0.3, 0.4) is 0 Å². The van der Waals surface area contributed by atoms with E-state index in [1.54, 1.807) is 24.3 Å². The van der Waals surface area contributed by atoms with Gasteiger partial charge in [0.15, 0.2) is 0 Å². The van der Waals surface area contributed by atoms with E-state index in [2.05, 4.69) is 4.90 Å². The van der Waals surface area contributed by atoms with Crippen LogP contribution in [-0.2, 0) is 11.2 Å². The second-order valence-electron chi connectivity index (χ2n) is 5.44. The predicted molar refractivity (Wildman–Crippen MR) is 79.2 cm³/mol. The van der Waals surface area contributed by atoms with Gasteiger partial charge in [-0.1, -0.05) is 12.1 Å². The molecule has 1 aromatic carbocycles. The fraction of sp³-hybridized carbons (Fsp3) is 0.467. The Balaban J connectivity index is 1.98. The standard InChI is InChI=1S/C15H21N3O3/c1-17-6-8-18(9-7-17)14(19)12-4-2-11(3-5-12)10-13(16)15(20)21/h2-5,13H,6-10,16H2,1H3,(H,20,21)/t13-/m0/s1. The number of carboxylic acid groups (broad SMARTS) is 1. The Morgan fingerprint density at radius 1 is 1.19 bits per heavy atom. The summed E-state index contributed by atoms with van der Waals surface area (Å²) in [6, 6.07) is 6.11. The van der Waals surface area contributed by atoms with Gasteiger partial charge in [0.2, 0.25) is 0 Å². The molecule has 0 bridgehead atoms. The molecule has 1 atom stereocenters. The normalized spacial score (nSPS) is 17.5. The first-order chi connectivity index (χ1) is 9.97. The van der Waals surface area contributed by atoms with Gasteiger partial charge < -0.3 is 20.6 Å². The summed E-state index contributed by atoms with van der Waals surface area (Å²) >= 11 is 0. The van der Waals surface area contributed by atoms with Crippen LogP contribution in [0.1, 0.15) is 15.9 Å². The lowest BCUT2D eigenvalue weighted by molar-refractivity contribution is -0.138. The Kier molecular flexibility index (Phi) is 4.93. The van der Waals surface area contributed by atoms with Crippen LogP contribution in [0, 0.1) is 0 Å². The predicted octanol–water partition coefficient (Wildman–Crippen LogP) is 0.0286. The van der Waals surface area contributed by atoms with Gasteiger partial charge in [0, 0.05) is 31.7 Å². The minimum Gasteiger partial charge on any atom is -0.480 e. The minimum atomic E-state index is -1.02. The van der Waals surface area contributed by atoms with Crippen molar-refractivity contribution >= 4 is 11.9 Å². The van der Waals surface area contributed by atoms with Crippen LogP contribution >= 0.6 is 0 Å². The summed E-state index contributed by atoms with van der Waals surface area (Å²) in [4.78, 5) is 27.1. The zero-order chi connectivity index (χ0) is 15.4. The molecule has 0 radical (unpaired) electrons. The molecule has 0 aliphatic carbocycles. The van der Waals surface area contributed by atoms with E-state index in [0.29, 0.717) is 5.56 Å². The van der Waals surface area contributed by atoms with Crippen molar-refractivity contribution in [1.29, 1.82) is 0 Å². The Morgan fingerprint density at radius 3 is 2.29 bits per heavy atom. The van der Waals surface area contributed by atoms with Crippen LogP contribution < -0.4 is 5.73 Å². The third-order valence-corrected chi connectivity index (χ3v) is 3.76. The summed E-state index contributed by atoms with van der Waals surface area (Å²) in [5, 5.41) is 8.79. The van der Waals surface area contributed by atoms with Gasteiger partial charge in [0.25, 0.3) is 5.91 Å². The number of nitrogens with zero attached hydrogens (tertiary/aromatic N) is 2. The fourth-order valence-electron chi connectivity index (χ4n) is 2.32. The van der Waals surface area contributed by atoms with Crippen molar-refractivity contribution in [2.75, 3.05) is 33.2 Å². The Morgan fingerprint density at radius 2 is 1.76 bits per heavy atom. The minimum absolute atomic E-state index is 0.0252. The van der Waals surface area contributed by atoms with Crippen LogP contribution in [0.15, 0.2) is 24.3 Å². The van der Waals surface area contributed by atoms with E-state index in [9.17, 15) is 9.59 Å². The SMILES string of the molecule is CN1CCN(C(=O)c2ccc(C[C@H](N)C(=O)O)cc2)CC1. The molecule has 1 aromatic rings. The molecule has 3 N–H and O–H groups in total. The molecule has 0 saturated carbocycles. The van der Waals surface area contributed by atoms with Crippen molar-refractivity contribution < 1.29 is 14.7 Å². The molecule has 6 heteroatoms. The molecular weight excluding hydrogens is 270 g/mol. The first-order valence-electron chi connectivity index (χ1n) is 7.02. The van der Waals surface area contributed by atoms with Crippen LogP contribution in [0.5, 0.6) is 0 Å². The number of carbonyl (C=O) groups is 2. The second kappa shape index (κ2) is 6.69. The van der Waals surface area contributed by atoms with E-state index >= 15 is 0 Å². The summed E-state index contributed by atoms with van der Waals surface area (Å²) in [7, 11) is 2.04. The molecule has 1 saturated heterocycles. The quantitative estimate of drug-likeness (QED) is 0.817. The molecule has 2 rings (SSSR count). The van der Waals surface area contributed by atoms with Crippen molar-refractivity contribution in [3.8, 4) is 0 Å². The average molecular weight is 291 g/mol. The van der Waals surface area contributed by atoms with Crippen LogP contribution in [0.4, 0.5) is 0 Å². The highest BCUT2D eigenvalue weighted by Gasteiger charge is 2.20. The highest BCUT2D eigenvalue weighted by molar-refractivity contribution is 5.94. The molecule has 1 fully saturated rings. The van der Waals surface area contributed by atoms with Crippen LogP contribution in [0.2, 0.25) is 0 Å². The summed E-state index contributed by atoms with van der Waals surface area (Å²) in [6.45, 7) is 3.25. The number of nitrogens with two attached hydrogens (primary N) is 1. The third kappa shape index (κ3) is 4.03. The average Bonchev–Trinajstić information content (AvgIpc) is 2.48. The molecule has 0 spiro atoms. The third-order valence-electron chi connectivity index (χ3n) is 3.76. The van der Waals surface area contributed by atoms with Crippen molar-refractivity contribution in [2.45, 2.75) is 12.5 Å². The number of benzene rings is 1. The van der Waals surface area contributed by atoms with Crippen LogP contribution in [0.25, 0.3) is 0 Å². The highest BCUT2D eigenvalue weighted by atomic mass is 16.4. The lowest BCUT2D eigenvalue weighted by Gasteiger charge is -2.32. The van der Waals surface area contributed by atoms with E-state index < -0.39 is 12.0 Å². The molecule has 1 amide bonds. The van der Waals surface area contributed by atoms with E-state index in [0.717, 1.165) is 31.7 Å². The number of likely N-dealkylation sites (N-methyl/N-ethyl adjacent to an activating group) is 1. The van der Waals surface area contributed by atoms with Gasteiger partial charge in [-0.15, -0.1) is 0 Å². The number of hydrogen-bond acceptors (Lipinski definition) is 4. The Hall–Kier alpha value is -1.92. The van der Waals surface area contributed by atoms with Gasteiger partial charge in [-0.05, 0) is 31.2 Å². The number of amides is 1. The second-order valence-corrected chi connectivity index (χ2v) is 5.44. The lowest BCUT2D eigenvalue weighted by Crippen LogP contribution is -2.47. The number of hydrogen-bond donors (Lipinski definition) is 2. The lowest BCUT2D eigenvalue weighted by atomic mass is 10.0. The van der Waals surface area contributed by atoms with Crippen molar-refractivity contribution in [1.82, 2.24) is 9.80 Å². The number of aliphatic carboxylic acids is 1. The van der Waals surface area contributed by atoms with Crippen molar-refractivity contribution in [2.24, 2.45) is 5.73 Å². The molecule has 1 heterocycles. The van der Waals surface area contributed by atoms with E-state index in [-0.39, 0.29) is 12.3 Å². The van der Waals surface area contributed by atoms with Gasteiger partial charge in [-0.25, -0.2) is 0 Å². The van der Waals surface area contributed by atoms with E-state index in [1.165, 1.54) is 0 Å². The van der Waals surface area contributed by atoms with E-state index in [1.807, 2.05) is 11.9 Å². The number of rotatable bonds is 4. The maximum absolute atomic E-state index is 12.3. The maximum Gasteiger partial charge on any atom is 0.320 e. The zero-order valence-electron chi connectivity index (χ0n) is 12.2. The van der Waals surface area contributed by atoms with Crippen molar-refractivity contribution in [3.05, 3.63) is 35.4 Å². The largest absolute Gasteiger partial charge is 0.480 e. The summed E-state index contributed by atoms with van der Waals surface area (Å²) < 4.78 is 0. The molecular formula is C15H21N3O3. The molecule has 1 aliphatic rings. The smallest absolute Gasteiger partial charge is 0.320 e. The Bertz CT molecular complexity index is 507. The molecule has 0 unspecified atom stereocenters. The molecule has 21 heavy (non-hydrogen) atoms. The van der Waals surface area contributed by atoms with E-state index in [4.69, 9.17) is 10.8 Å². The number of piperazine rings is 1. The van der Waals surface area contributed by atoms with Gasteiger partial charge in [0.1, 0.15) is 6.04 Å². The zero-order valence-corrected chi connectivity index (χ0v) is 12.2. The van der Waals surface area contributed by atoms with Gasteiger partial charge >= 0.3 is 5.97 Å². The van der Waals surface area contributed by atoms with Crippen LogP contribution in [-0.4, -0.2) is 66.1 Å². The maximum atomic E-state index is 12.3. The molecule has 114 valence electrons. The highest BCUT2D eigenvalue weighted by Crippen LogP contribution is 2.11. The monoisotopic (exact) mass is 291 g/mol.